The first-order valence-electron chi connectivity index (χ1n) is 11.0. The van der Waals surface area contributed by atoms with E-state index in [1.54, 1.807) is 0 Å². The van der Waals surface area contributed by atoms with Gasteiger partial charge in [0.1, 0.15) is 0 Å². The van der Waals surface area contributed by atoms with E-state index in [1.807, 2.05) is 0 Å². The van der Waals surface area contributed by atoms with Gasteiger partial charge in [-0.15, -0.1) is 0 Å². The summed E-state index contributed by atoms with van der Waals surface area (Å²) in [7, 11) is 2.22. The van der Waals surface area contributed by atoms with E-state index in [1.165, 1.54) is 64.8 Å². The SMILES string of the molecule is CC1CCN(CCCCC(=O)N2CCN(C3CCN(C)CC3)CC2)CC1. The molecule has 0 atom stereocenters. The number of carbonyl (C=O) groups is 1. The fraction of sp³-hybridized carbons (Fsp3) is 0.952. The van der Waals surface area contributed by atoms with Crippen molar-refractivity contribution in [3.8, 4) is 0 Å². The molecule has 3 aliphatic heterocycles. The second kappa shape index (κ2) is 10.0. The Balaban J connectivity index is 1.26. The Morgan fingerprint density at radius 1 is 0.846 bits per heavy atom. The third-order valence-corrected chi connectivity index (χ3v) is 6.86. The van der Waals surface area contributed by atoms with Crippen molar-refractivity contribution in [2.45, 2.75) is 57.9 Å². The van der Waals surface area contributed by atoms with Gasteiger partial charge in [0.2, 0.25) is 5.91 Å². The number of piperazine rings is 1. The molecule has 0 bridgehead atoms. The highest BCUT2D eigenvalue weighted by molar-refractivity contribution is 5.76. The van der Waals surface area contributed by atoms with E-state index < -0.39 is 0 Å². The molecule has 0 unspecified atom stereocenters. The molecular formula is C21H40N4O. The van der Waals surface area contributed by atoms with Gasteiger partial charge in [-0.1, -0.05) is 6.92 Å². The second-order valence-electron chi connectivity index (χ2n) is 8.93. The lowest BCUT2D eigenvalue weighted by molar-refractivity contribution is -0.133. The fourth-order valence-electron chi connectivity index (χ4n) is 4.75. The van der Waals surface area contributed by atoms with Crippen molar-refractivity contribution < 1.29 is 4.79 Å². The van der Waals surface area contributed by atoms with Gasteiger partial charge in [0.05, 0.1) is 0 Å². The van der Waals surface area contributed by atoms with E-state index in [0.717, 1.165) is 51.0 Å². The number of amides is 1. The molecule has 1 amide bonds. The Labute approximate surface area is 160 Å². The van der Waals surface area contributed by atoms with Crippen LogP contribution in [-0.4, -0.2) is 97.5 Å². The van der Waals surface area contributed by atoms with E-state index in [2.05, 4.69) is 33.6 Å². The van der Waals surface area contributed by atoms with Crippen LogP contribution in [0.15, 0.2) is 0 Å². The van der Waals surface area contributed by atoms with Gasteiger partial charge in [-0.25, -0.2) is 0 Å². The molecule has 5 nitrogen and oxygen atoms in total. The highest BCUT2D eigenvalue weighted by Gasteiger charge is 2.27. The minimum absolute atomic E-state index is 0.389. The predicted molar refractivity (Wildman–Crippen MR) is 107 cm³/mol. The first-order valence-corrected chi connectivity index (χ1v) is 11.0. The molecule has 0 aliphatic carbocycles. The van der Waals surface area contributed by atoms with Gasteiger partial charge in [-0.05, 0) is 84.2 Å². The summed E-state index contributed by atoms with van der Waals surface area (Å²) in [6, 6.07) is 0.746. The maximum absolute atomic E-state index is 12.5. The van der Waals surface area contributed by atoms with Gasteiger partial charge in [0.25, 0.3) is 0 Å². The van der Waals surface area contributed by atoms with Gasteiger partial charge in [0, 0.05) is 38.6 Å². The number of carbonyl (C=O) groups excluding carboxylic acids is 1. The number of likely N-dealkylation sites (tertiary alicyclic amines) is 2. The maximum atomic E-state index is 12.5. The quantitative estimate of drug-likeness (QED) is 0.676. The zero-order valence-corrected chi connectivity index (χ0v) is 17.2. The molecule has 150 valence electrons. The van der Waals surface area contributed by atoms with E-state index in [-0.39, 0.29) is 0 Å². The topological polar surface area (TPSA) is 30.0 Å². The molecule has 3 saturated heterocycles. The van der Waals surface area contributed by atoms with Gasteiger partial charge >= 0.3 is 0 Å². The number of hydrogen-bond donors (Lipinski definition) is 0. The van der Waals surface area contributed by atoms with Crippen LogP contribution >= 0.6 is 0 Å². The summed E-state index contributed by atoms with van der Waals surface area (Å²) in [5.41, 5.74) is 0. The predicted octanol–water partition coefficient (Wildman–Crippen LogP) is 2.13. The minimum atomic E-state index is 0.389. The smallest absolute Gasteiger partial charge is 0.222 e. The van der Waals surface area contributed by atoms with Crippen molar-refractivity contribution in [2.75, 3.05) is 66.0 Å². The lowest BCUT2D eigenvalue weighted by Crippen LogP contribution is -2.54. The van der Waals surface area contributed by atoms with Gasteiger partial charge < -0.3 is 14.7 Å². The van der Waals surface area contributed by atoms with Crippen LogP contribution in [0.1, 0.15) is 51.9 Å². The average Bonchev–Trinajstić information content (AvgIpc) is 2.67. The second-order valence-corrected chi connectivity index (χ2v) is 8.93. The molecule has 26 heavy (non-hydrogen) atoms. The Kier molecular flexibility index (Phi) is 7.77. The van der Waals surface area contributed by atoms with Crippen molar-refractivity contribution in [2.24, 2.45) is 5.92 Å². The molecule has 0 N–H and O–H groups in total. The van der Waals surface area contributed by atoms with Gasteiger partial charge in [0.15, 0.2) is 0 Å². The molecule has 3 heterocycles. The average molecular weight is 365 g/mol. The molecule has 0 radical (unpaired) electrons. The largest absolute Gasteiger partial charge is 0.340 e. The Morgan fingerprint density at radius 2 is 1.50 bits per heavy atom. The van der Waals surface area contributed by atoms with Crippen LogP contribution in [0.4, 0.5) is 0 Å². The number of nitrogens with zero attached hydrogens (tertiary/aromatic N) is 4. The van der Waals surface area contributed by atoms with Crippen LogP contribution in [0.25, 0.3) is 0 Å². The fourth-order valence-corrected chi connectivity index (χ4v) is 4.75. The highest BCUT2D eigenvalue weighted by atomic mass is 16.2. The van der Waals surface area contributed by atoms with E-state index in [4.69, 9.17) is 0 Å². The first-order chi connectivity index (χ1) is 12.6. The van der Waals surface area contributed by atoms with Crippen LogP contribution in [-0.2, 0) is 4.79 Å². The summed E-state index contributed by atoms with van der Waals surface area (Å²) in [6.45, 7) is 12.5. The maximum Gasteiger partial charge on any atom is 0.222 e. The Bertz CT molecular complexity index is 420. The zero-order valence-electron chi connectivity index (χ0n) is 17.2. The number of rotatable bonds is 6. The molecule has 0 saturated carbocycles. The lowest BCUT2D eigenvalue weighted by Gasteiger charge is -2.42. The van der Waals surface area contributed by atoms with Crippen molar-refractivity contribution >= 4 is 5.91 Å². The van der Waals surface area contributed by atoms with Crippen LogP contribution < -0.4 is 0 Å². The first kappa shape index (κ1) is 20.1. The summed E-state index contributed by atoms with van der Waals surface area (Å²) >= 11 is 0. The van der Waals surface area contributed by atoms with Crippen molar-refractivity contribution in [3.63, 3.8) is 0 Å². The number of piperidine rings is 2. The lowest BCUT2D eigenvalue weighted by atomic mass is 9.99. The van der Waals surface area contributed by atoms with E-state index in [0.29, 0.717) is 5.91 Å². The Hall–Kier alpha value is -0.650. The van der Waals surface area contributed by atoms with Crippen LogP contribution in [0.3, 0.4) is 0 Å². The molecule has 3 aliphatic rings. The van der Waals surface area contributed by atoms with Crippen LogP contribution in [0.5, 0.6) is 0 Å². The molecule has 5 heteroatoms. The van der Waals surface area contributed by atoms with Crippen LogP contribution in [0, 0.1) is 5.92 Å². The molecule has 0 aromatic rings. The molecule has 0 aromatic heterocycles. The molecule has 3 rings (SSSR count). The van der Waals surface area contributed by atoms with E-state index in [9.17, 15) is 4.79 Å². The number of hydrogen-bond acceptors (Lipinski definition) is 4. The summed E-state index contributed by atoms with van der Waals surface area (Å²) in [6.07, 6.45) is 8.26. The van der Waals surface area contributed by atoms with Crippen LogP contribution in [0.2, 0.25) is 0 Å². The third kappa shape index (κ3) is 5.93. The standard InChI is InChI=1S/C21H40N4O/c1-19-6-13-23(14-7-19)10-4-3-5-21(26)25-17-15-24(16-18-25)20-8-11-22(2)12-9-20/h19-20H,3-18H2,1-2H3. The van der Waals surface area contributed by atoms with Crippen molar-refractivity contribution in [3.05, 3.63) is 0 Å². The van der Waals surface area contributed by atoms with E-state index >= 15 is 0 Å². The molecular weight excluding hydrogens is 324 g/mol. The summed E-state index contributed by atoms with van der Waals surface area (Å²) in [5.74, 6) is 1.29. The molecule has 0 spiro atoms. The normalized spacial score (nSPS) is 25.7. The summed E-state index contributed by atoms with van der Waals surface area (Å²) in [5, 5.41) is 0. The summed E-state index contributed by atoms with van der Waals surface area (Å²) in [4.78, 5) is 22.3. The molecule has 3 fully saturated rings. The molecule has 0 aromatic carbocycles. The monoisotopic (exact) mass is 364 g/mol. The minimum Gasteiger partial charge on any atom is -0.340 e. The summed E-state index contributed by atoms with van der Waals surface area (Å²) < 4.78 is 0. The van der Waals surface area contributed by atoms with Gasteiger partial charge in [-0.3, -0.25) is 9.69 Å². The van der Waals surface area contributed by atoms with Gasteiger partial charge in [-0.2, -0.15) is 0 Å². The zero-order chi connectivity index (χ0) is 18.4. The number of unbranched alkanes of at least 4 members (excludes halogenated alkanes) is 1. The van der Waals surface area contributed by atoms with Crippen molar-refractivity contribution in [1.29, 1.82) is 0 Å². The highest BCUT2D eigenvalue weighted by Crippen LogP contribution is 2.19. The van der Waals surface area contributed by atoms with Crippen molar-refractivity contribution in [1.82, 2.24) is 19.6 Å². The third-order valence-electron chi connectivity index (χ3n) is 6.86. The Morgan fingerprint density at radius 3 is 2.15 bits per heavy atom.